The van der Waals surface area contributed by atoms with Crippen molar-refractivity contribution in [1.82, 2.24) is 0 Å². The van der Waals surface area contributed by atoms with Crippen molar-refractivity contribution in [2.45, 2.75) is 212 Å². The molecule has 0 aliphatic rings. The van der Waals surface area contributed by atoms with E-state index in [2.05, 4.69) is 38.2 Å². The summed E-state index contributed by atoms with van der Waals surface area (Å²) in [5.41, 5.74) is 0. The van der Waals surface area contributed by atoms with Gasteiger partial charge in [0.2, 0.25) is 0 Å². The Morgan fingerprint density at radius 2 is 0.981 bits per heavy atom. The maximum Gasteiger partial charge on any atom is 0.306 e. The fourth-order valence-electron chi connectivity index (χ4n) is 6.57. The van der Waals surface area contributed by atoms with Crippen molar-refractivity contribution in [3.05, 3.63) is 24.3 Å². The fraction of sp³-hybridized carbons (Fsp3) is 0.848. The second-order valence-corrected chi connectivity index (χ2v) is 16.3. The molecule has 0 heterocycles. The highest BCUT2D eigenvalue weighted by atomic mass is 16.6. The van der Waals surface area contributed by atoms with Crippen LogP contribution in [0.2, 0.25) is 0 Å². The highest BCUT2D eigenvalue weighted by Gasteiger charge is 2.25. The van der Waals surface area contributed by atoms with Crippen LogP contribution in [0.3, 0.4) is 0 Å². The van der Waals surface area contributed by atoms with Crippen LogP contribution < -0.4 is 5.11 Å². The number of hydrogen-bond donors (Lipinski definition) is 0. The number of allylic oxidation sites excluding steroid dienone is 4. The number of rotatable bonds is 40. The first-order valence-corrected chi connectivity index (χ1v) is 22.4. The lowest BCUT2D eigenvalue weighted by Gasteiger charge is -2.34. The molecular formula is C46H85NO7. The molecule has 0 aromatic rings. The molecule has 0 aromatic carbocycles. The van der Waals surface area contributed by atoms with Crippen molar-refractivity contribution in [2.75, 3.05) is 41.0 Å². The number of hydrogen-bond acceptors (Lipinski definition) is 7. The maximum atomic E-state index is 12.6. The molecule has 0 aliphatic heterocycles. The number of nitrogens with zero attached hydrogens (tertiary/aromatic N) is 1. The van der Waals surface area contributed by atoms with Gasteiger partial charge in [-0.15, -0.1) is 0 Å². The van der Waals surface area contributed by atoms with Gasteiger partial charge in [0.25, 0.3) is 0 Å². The van der Waals surface area contributed by atoms with Gasteiger partial charge in [0.1, 0.15) is 12.6 Å². The zero-order valence-corrected chi connectivity index (χ0v) is 35.9. The van der Waals surface area contributed by atoms with E-state index in [1.54, 1.807) is 21.1 Å². The molecule has 316 valence electrons. The highest BCUT2D eigenvalue weighted by molar-refractivity contribution is 5.70. The van der Waals surface area contributed by atoms with Gasteiger partial charge in [-0.1, -0.05) is 160 Å². The monoisotopic (exact) mass is 764 g/mol. The number of aliphatic carboxylic acids is 1. The van der Waals surface area contributed by atoms with E-state index >= 15 is 0 Å². The zero-order valence-electron chi connectivity index (χ0n) is 35.9. The van der Waals surface area contributed by atoms with Crippen molar-refractivity contribution in [3.63, 3.8) is 0 Å². The van der Waals surface area contributed by atoms with Crippen LogP contribution in [-0.4, -0.2) is 75.5 Å². The first kappa shape index (κ1) is 51.8. The van der Waals surface area contributed by atoms with E-state index in [-0.39, 0.29) is 42.7 Å². The molecule has 0 spiro atoms. The Kier molecular flexibility index (Phi) is 36.2. The molecule has 0 aliphatic carbocycles. The number of carboxylic acids is 1. The van der Waals surface area contributed by atoms with E-state index < -0.39 is 18.1 Å². The van der Waals surface area contributed by atoms with Crippen LogP contribution in [0.1, 0.15) is 200 Å². The Labute approximate surface area is 332 Å². The normalized spacial score (nSPS) is 13.1. The van der Waals surface area contributed by atoms with Crippen molar-refractivity contribution >= 4 is 17.9 Å². The minimum Gasteiger partial charge on any atom is -0.544 e. The largest absolute Gasteiger partial charge is 0.544 e. The average Bonchev–Trinajstić information content (AvgIpc) is 3.12. The molecule has 0 saturated carbocycles. The van der Waals surface area contributed by atoms with Crippen LogP contribution >= 0.6 is 0 Å². The number of ether oxygens (including phenoxy) is 3. The van der Waals surface area contributed by atoms with Crippen molar-refractivity contribution in [1.29, 1.82) is 0 Å². The maximum absolute atomic E-state index is 12.6. The molecule has 0 N–H and O–H groups in total. The Balaban J connectivity index is 4.12. The Morgan fingerprint density at radius 3 is 1.43 bits per heavy atom. The summed E-state index contributed by atoms with van der Waals surface area (Å²) in [7, 11) is 5.40. The van der Waals surface area contributed by atoms with Crippen LogP contribution in [-0.2, 0) is 28.6 Å². The number of esters is 2. The summed E-state index contributed by atoms with van der Waals surface area (Å²) in [6, 6.07) is -0.722. The highest BCUT2D eigenvalue weighted by Crippen LogP contribution is 2.14. The molecule has 0 fully saturated rings. The predicted octanol–water partition coefficient (Wildman–Crippen LogP) is 10.7. The van der Waals surface area contributed by atoms with Gasteiger partial charge < -0.3 is 28.6 Å². The fourth-order valence-corrected chi connectivity index (χ4v) is 6.57. The number of carbonyl (C=O) groups excluding carboxylic acids is 3. The van der Waals surface area contributed by atoms with E-state index in [1.165, 1.54) is 116 Å². The third-order valence-electron chi connectivity index (χ3n) is 10.1. The van der Waals surface area contributed by atoms with Gasteiger partial charge in [0.05, 0.1) is 40.3 Å². The minimum atomic E-state index is -1.13. The molecule has 54 heavy (non-hydrogen) atoms. The molecule has 0 rings (SSSR count). The summed E-state index contributed by atoms with van der Waals surface area (Å²) in [6.45, 7) is 4.62. The first-order valence-electron chi connectivity index (χ1n) is 22.4. The Morgan fingerprint density at radius 1 is 0.556 bits per heavy atom. The topological polar surface area (TPSA) is 102 Å². The number of carbonyl (C=O) groups is 3. The predicted molar refractivity (Wildman–Crippen MR) is 222 cm³/mol. The lowest BCUT2D eigenvalue weighted by Crippen LogP contribution is -2.55. The van der Waals surface area contributed by atoms with Crippen LogP contribution in [0.5, 0.6) is 0 Å². The minimum absolute atomic E-state index is 0.0409. The van der Waals surface area contributed by atoms with Gasteiger partial charge in [-0.05, 0) is 44.9 Å². The Bertz CT molecular complexity index is 942. The lowest BCUT2D eigenvalue weighted by molar-refractivity contribution is -0.889. The van der Waals surface area contributed by atoms with Crippen LogP contribution in [0, 0.1) is 0 Å². The summed E-state index contributed by atoms with van der Waals surface area (Å²) in [5, 5.41) is 11.6. The quantitative estimate of drug-likeness (QED) is 0.0265. The van der Waals surface area contributed by atoms with E-state index in [9.17, 15) is 19.5 Å². The van der Waals surface area contributed by atoms with E-state index in [4.69, 9.17) is 14.2 Å². The number of unbranched alkanes of at least 4 members (excludes halogenated alkanes) is 22. The summed E-state index contributed by atoms with van der Waals surface area (Å²) in [5.74, 6) is -1.75. The van der Waals surface area contributed by atoms with Crippen LogP contribution in [0.4, 0.5) is 0 Å². The molecular weight excluding hydrogens is 679 g/mol. The summed E-state index contributed by atoms with van der Waals surface area (Å²) in [6.07, 6.45) is 40.8. The standard InChI is InChI=1S/C46H85NO7/c1-6-8-10-12-14-15-16-17-18-19-20-21-22-23-24-25-26-27-28-29-31-32-34-36-44(48)53-41-42(40-52-39-38-43(46(50)51)47(3,4)5)54-45(49)37-35-33-30-13-11-9-7-2/h20-21,23-24,42-43H,6-19,22,25-41H2,1-5H3/b21-20+,24-23+. The molecule has 2 unspecified atom stereocenters. The van der Waals surface area contributed by atoms with Gasteiger partial charge >= 0.3 is 11.9 Å². The summed E-state index contributed by atoms with van der Waals surface area (Å²) < 4.78 is 17.1. The van der Waals surface area contributed by atoms with E-state index in [0.717, 1.165) is 51.4 Å². The second-order valence-electron chi connectivity index (χ2n) is 16.3. The van der Waals surface area contributed by atoms with Gasteiger partial charge in [0, 0.05) is 19.3 Å². The number of carboxylic acid groups (broad SMARTS) is 1. The van der Waals surface area contributed by atoms with Gasteiger partial charge in [-0.3, -0.25) is 9.59 Å². The SMILES string of the molecule is CCCCCCCCCCC/C=C/C/C=C/CCCCCCCCCC(=O)OCC(COCCC(C(=O)[O-])[N+](C)(C)C)OC(=O)CCCCCCCCC. The van der Waals surface area contributed by atoms with E-state index in [0.29, 0.717) is 12.8 Å². The Hall–Kier alpha value is -2.19. The van der Waals surface area contributed by atoms with Crippen LogP contribution in [0.25, 0.3) is 0 Å². The molecule has 0 aromatic heterocycles. The lowest BCUT2D eigenvalue weighted by atomic mass is 10.1. The average molecular weight is 764 g/mol. The third-order valence-corrected chi connectivity index (χ3v) is 10.1. The molecule has 8 heteroatoms. The smallest absolute Gasteiger partial charge is 0.306 e. The summed E-state index contributed by atoms with van der Waals surface area (Å²) in [4.78, 5) is 36.6. The second kappa shape index (κ2) is 37.7. The number of quaternary nitrogens is 1. The molecule has 0 radical (unpaired) electrons. The van der Waals surface area contributed by atoms with Crippen molar-refractivity contribution in [3.8, 4) is 0 Å². The zero-order chi connectivity index (χ0) is 40.0. The number of likely N-dealkylation sites (N-methyl/N-ethyl adjacent to an activating group) is 1. The van der Waals surface area contributed by atoms with E-state index in [1.807, 2.05) is 0 Å². The molecule has 2 atom stereocenters. The van der Waals surface area contributed by atoms with Gasteiger partial charge in [-0.2, -0.15) is 0 Å². The van der Waals surface area contributed by atoms with Crippen LogP contribution in [0.15, 0.2) is 24.3 Å². The first-order chi connectivity index (χ1) is 26.1. The molecule has 0 bridgehead atoms. The summed E-state index contributed by atoms with van der Waals surface area (Å²) >= 11 is 0. The van der Waals surface area contributed by atoms with Crippen molar-refractivity contribution < 1.29 is 38.2 Å². The molecule has 0 amide bonds. The van der Waals surface area contributed by atoms with Gasteiger partial charge in [0.15, 0.2) is 6.10 Å². The molecule has 0 saturated heterocycles. The molecule has 8 nitrogen and oxygen atoms in total. The third kappa shape index (κ3) is 35.5. The van der Waals surface area contributed by atoms with Gasteiger partial charge in [-0.25, -0.2) is 0 Å². The van der Waals surface area contributed by atoms with Crippen molar-refractivity contribution in [2.24, 2.45) is 0 Å².